The number of nitrogens with zero attached hydrogens (tertiary/aromatic N) is 1. The molecule has 0 aliphatic heterocycles. The summed E-state index contributed by atoms with van der Waals surface area (Å²) in [5.41, 5.74) is 4.44. The van der Waals surface area contributed by atoms with Gasteiger partial charge in [-0.3, -0.25) is 4.79 Å². The summed E-state index contributed by atoms with van der Waals surface area (Å²) in [6, 6.07) is 13.5. The first-order chi connectivity index (χ1) is 12.5. The minimum absolute atomic E-state index is 0.124. The molecule has 0 saturated heterocycles. The second kappa shape index (κ2) is 9.47. The number of hydrogen-bond acceptors (Lipinski definition) is 4. The molecule has 5 heteroatoms. The van der Waals surface area contributed by atoms with Gasteiger partial charge in [-0.15, -0.1) is 0 Å². The van der Waals surface area contributed by atoms with Crippen molar-refractivity contribution in [2.75, 3.05) is 13.2 Å². The third-order valence-corrected chi connectivity index (χ3v) is 4.12. The average Bonchev–Trinajstić information content (AvgIpc) is 2.64. The average molecular weight is 352 g/mol. The molecule has 0 aliphatic rings. The Morgan fingerprint density at radius 1 is 1.00 bits per heavy atom. The number of nitrogens with one attached hydrogen (secondary N) is 1. The molecule has 26 heavy (non-hydrogen) atoms. The van der Waals surface area contributed by atoms with Crippen molar-refractivity contribution < 1.29 is 14.3 Å². The van der Waals surface area contributed by atoms with Crippen LogP contribution in [-0.4, -0.2) is 19.1 Å². The highest BCUT2D eigenvalue weighted by atomic mass is 16.5. The Bertz CT molecular complexity index is 792. The van der Waals surface area contributed by atoms with Crippen LogP contribution in [0.3, 0.4) is 0 Å². The molecule has 0 bridgehead atoms. The molecule has 0 fully saturated rings. The van der Waals surface area contributed by atoms with Gasteiger partial charge in [0.2, 0.25) is 5.91 Å². The van der Waals surface area contributed by atoms with Crippen LogP contribution >= 0.6 is 0 Å². The number of carbonyl (C=O) groups is 1. The largest absolute Gasteiger partial charge is 0.490 e. The highest BCUT2D eigenvalue weighted by Gasteiger charge is 2.06. The van der Waals surface area contributed by atoms with E-state index in [1.165, 1.54) is 5.56 Å². The third kappa shape index (κ3) is 5.52. The molecule has 2 rings (SSSR count). The number of ether oxygens (including phenoxy) is 2. The number of carbonyl (C=O) groups excluding carboxylic acids is 1. The molecule has 0 atom stereocenters. The Labute approximate surface area is 154 Å². The molecule has 0 spiro atoms. The standard InChI is InChI=1S/C21H24N2O3/c1-15-4-5-16(2)21(17(15)3)26-13-12-25-19-8-6-18(7-9-19)14-23-20(24)10-11-22/h4-9H,10,12-14H2,1-3H3,(H,23,24). The lowest BCUT2D eigenvalue weighted by molar-refractivity contribution is -0.120. The first-order valence-electron chi connectivity index (χ1n) is 8.56. The van der Waals surface area contributed by atoms with Gasteiger partial charge in [0.25, 0.3) is 0 Å². The summed E-state index contributed by atoms with van der Waals surface area (Å²) in [5, 5.41) is 11.1. The Morgan fingerprint density at radius 3 is 2.35 bits per heavy atom. The second-order valence-corrected chi connectivity index (χ2v) is 6.11. The minimum atomic E-state index is -0.272. The maximum absolute atomic E-state index is 11.3. The van der Waals surface area contributed by atoms with Crippen LogP contribution in [0.2, 0.25) is 0 Å². The quantitative estimate of drug-likeness (QED) is 0.737. The number of aryl methyl sites for hydroxylation is 2. The minimum Gasteiger partial charge on any atom is -0.490 e. The van der Waals surface area contributed by atoms with E-state index in [4.69, 9.17) is 14.7 Å². The van der Waals surface area contributed by atoms with Crippen molar-refractivity contribution in [3.05, 3.63) is 58.7 Å². The molecule has 0 aliphatic carbocycles. The fraction of sp³-hybridized carbons (Fsp3) is 0.333. The molecule has 1 amide bonds. The van der Waals surface area contributed by atoms with E-state index >= 15 is 0 Å². The molecule has 0 unspecified atom stereocenters. The van der Waals surface area contributed by atoms with Crippen molar-refractivity contribution in [1.29, 1.82) is 5.26 Å². The zero-order chi connectivity index (χ0) is 18.9. The van der Waals surface area contributed by atoms with E-state index in [1.54, 1.807) is 0 Å². The molecular formula is C21H24N2O3. The van der Waals surface area contributed by atoms with Gasteiger partial charge < -0.3 is 14.8 Å². The molecule has 1 N–H and O–H groups in total. The van der Waals surface area contributed by atoms with Gasteiger partial charge >= 0.3 is 0 Å². The lowest BCUT2D eigenvalue weighted by atomic mass is 10.1. The highest BCUT2D eigenvalue weighted by Crippen LogP contribution is 2.25. The molecule has 2 aromatic rings. The van der Waals surface area contributed by atoms with E-state index < -0.39 is 0 Å². The number of amides is 1. The van der Waals surface area contributed by atoms with Gasteiger partial charge in [-0.2, -0.15) is 5.26 Å². The number of benzene rings is 2. The monoisotopic (exact) mass is 352 g/mol. The predicted octanol–water partition coefficient (Wildman–Crippen LogP) is 3.60. The van der Waals surface area contributed by atoms with E-state index in [1.807, 2.05) is 37.3 Å². The van der Waals surface area contributed by atoms with E-state index in [2.05, 4.69) is 31.3 Å². The number of hydrogen-bond donors (Lipinski definition) is 1. The molecule has 136 valence electrons. The molecular weight excluding hydrogens is 328 g/mol. The van der Waals surface area contributed by atoms with Gasteiger partial charge in [-0.05, 0) is 55.2 Å². The maximum atomic E-state index is 11.3. The van der Waals surface area contributed by atoms with E-state index in [0.717, 1.165) is 28.2 Å². The van der Waals surface area contributed by atoms with E-state index in [0.29, 0.717) is 19.8 Å². The van der Waals surface area contributed by atoms with E-state index in [9.17, 15) is 4.79 Å². The molecule has 0 radical (unpaired) electrons. The van der Waals surface area contributed by atoms with Crippen LogP contribution in [0.25, 0.3) is 0 Å². The Morgan fingerprint density at radius 2 is 1.65 bits per heavy atom. The fourth-order valence-electron chi connectivity index (χ4n) is 2.49. The van der Waals surface area contributed by atoms with Gasteiger partial charge in [0, 0.05) is 6.54 Å². The lowest BCUT2D eigenvalue weighted by Crippen LogP contribution is -2.21. The Hall–Kier alpha value is -3.00. The summed E-state index contributed by atoms with van der Waals surface area (Å²) in [7, 11) is 0. The van der Waals surface area contributed by atoms with Crippen LogP contribution in [-0.2, 0) is 11.3 Å². The van der Waals surface area contributed by atoms with Crippen LogP contribution in [0.5, 0.6) is 11.5 Å². The van der Waals surface area contributed by atoms with Crippen molar-refractivity contribution in [3.8, 4) is 17.6 Å². The Kier molecular flexibility index (Phi) is 7.04. The van der Waals surface area contributed by atoms with Crippen LogP contribution in [0, 0.1) is 32.1 Å². The van der Waals surface area contributed by atoms with Crippen LogP contribution < -0.4 is 14.8 Å². The summed E-state index contributed by atoms with van der Waals surface area (Å²) in [5.74, 6) is 1.40. The smallest absolute Gasteiger partial charge is 0.234 e. The van der Waals surface area contributed by atoms with Gasteiger partial charge in [0.15, 0.2) is 0 Å². The third-order valence-electron chi connectivity index (χ3n) is 4.12. The van der Waals surface area contributed by atoms with Gasteiger partial charge in [0.05, 0.1) is 6.07 Å². The summed E-state index contributed by atoms with van der Waals surface area (Å²) in [6.07, 6.45) is -0.124. The van der Waals surface area contributed by atoms with Crippen LogP contribution in [0.15, 0.2) is 36.4 Å². The highest BCUT2D eigenvalue weighted by molar-refractivity contribution is 5.77. The van der Waals surface area contributed by atoms with Gasteiger partial charge in [-0.1, -0.05) is 24.3 Å². The molecule has 0 heterocycles. The second-order valence-electron chi connectivity index (χ2n) is 6.11. The van der Waals surface area contributed by atoms with Crippen molar-refractivity contribution in [2.24, 2.45) is 0 Å². The van der Waals surface area contributed by atoms with Crippen LogP contribution in [0.4, 0.5) is 0 Å². The van der Waals surface area contributed by atoms with Crippen LogP contribution in [0.1, 0.15) is 28.7 Å². The molecule has 0 saturated carbocycles. The van der Waals surface area contributed by atoms with Crippen molar-refractivity contribution in [3.63, 3.8) is 0 Å². The number of rotatable bonds is 8. The van der Waals surface area contributed by atoms with Gasteiger partial charge in [0.1, 0.15) is 31.1 Å². The van der Waals surface area contributed by atoms with Crippen molar-refractivity contribution in [1.82, 2.24) is 5.32 Å². The topological polar surface area (TPSA) is 71.3 Å². The maximum Gasteiger partial charge on any atom is 0.234 e. The molecule has 0 aromatic heterocycles. The van der Waals surface area contributed by atoms with Crippen molar-refractivity contribution in [2.45, 2.75) is 33.7 Å². The van der Waals surface area contributed by atoms with E-state index in [-0.39, 0.29) is 12.3 Å². The zero-order valence-corrected chi connectivity index (χ0v) is 15.5. The molecule has 2 aromatic carbocycles. The first-order valence-corrected chi connectivity index (χ1v) is 8.56. The SMILES string of the molecule is Cc1ccc(C)c(OCCOc2ccc(CNC(=O)CC#N)cc2)c1C. The predicted molar refractivity (Wildman–Crippen MR) is 100 cm³/mol. The lowest BCUT2D eigenvalue weighted by Gasteiger charge is -2.14. The van der Waals surface area contributed by atoms with Gasteiger partial charge in [-0.25, -0.2) is 0 Å². The normalized spacial score (nSPS) is 10.1. The zero-order valence-electron chi connectivity index (χ0n) is 15.5. The van der Waals surface area contributed by atoms with Crippen molar-refractivity contribution >= 4 is 5.91 Å². The summed E-state index contributed by atoms with van der Waals surface area (Å²) in [4.78, 5) is 11.3. The summed E-state index contributed by atoms with van der Waals surface area (Å²) in [6.45, 7) is 7.49. The fourth-order valence-corrected chi connectivity index (χ4v) is 2.49. The number of nitriles is 1. The summed E-state index contributed by atoms with van der Waals surface area (Å²) < 4.78 is 11.6. The first kappa shape index (κ1) is 19.3. The summed E-state index contributed by atoms with van der Waals surface area (Å²) >= 11 is 0. The molecule has 5 nitrogen and oxygen atoms in total. The Balaban J connectivity index is 1.78.